The van der Waals surface area contributed by atoms with Gasteiger partial charge < -0.3 is 5.11 Å². The Labute approximate surface area is 122 Å². The number of nitrogens with zero attached hydrogens (tertiary/aromatic N) is 1. The van der Waals surface area contributed by atoms with Gasteiger partial charge in [-0.1, -0.05) is 12.1 Å². The van der Waals surface area contributed by atoms with Crippen molar-refractivity contribution in [3.05, 3.63) is 35.9 Å². The second kappa shape index (κ2) is 5.38. The van der Waals surface area contributed by atoms with E-state index in [-0.39, 0.29) is 16.8 Å². The molecule has 1 radical (unpaired) electrons. The van der Waals surface area contributed by atoms with Crippen molar-refractivity contribution >= 4 is 0 Å². The summed E-state index contributed by atoms with van der Waals surface area (Å²) in [6.07, 6.45) is 4.38. The van der Waals surface area contributed by atoms with Crippen molar-refractivity contribution in [1.29, 1.82) is 0 Å². The molecule has 0 amide bonds. The number of phenols is 1. The largest absolute Gasteiger partial charge is 0.508 e. The Morgan fingerprint density at radius 3 is 2.05 bits per heavy atom. The van der Waals surface area contributed by atoms with Gasteiger partial charge in [-0.05, 0) is 71.6 Å². The molecule has 1 aliphatic rings. The highest BCUT2D eigenvalue weighted by Gasteiger charge is 2.43. The van der Waals surface area contributed by atoms with Crippen molar-refractivity contribution in [2.75, 3.05) is 0 Å². The van der Waals surface area contributed by atoms with Crippen LogP contribution in [0.1, 0.15) is 59.4 Å². The molecule has 3 heteroatoms. The van der Waals surface area contributed by atoms with Crippen LogP contribution < -0.4 is 0 Å². The van der Waals surface area contributed by atoms with Crippen LogP contribution in [0.15, 0.2) is 24.3 Å². The summed E-state index contributed by atoms with van der Waals surface area (Å²) in [4.78, 5) is 6.22. The first-order valence-electron chi connectivity index (χ1n) is 7.34. The molecule has 1 aromatic carbocycles. The third kappa shape index (κ3) is 3.15. The molecule has 1 heterocycles. The quantitative estimate of drug-likeness (QED) is 0.895. The van der Waals surface area contributed by atoms with Crippen LogP contribution in [0.25, 0.3) is 0 Å². The molecule has 3 nitrogen and oxygen atoms in total. The summed E-state index contributed by atoms with van der Waals surface area (Å²) in [6, 6.07) is 7.15. The van der Waals surface area contributed by atoms with Gasteiger partial charge in [-0.25, -0.2) is 0 Å². The van der Waals surface area contributed by atoms with Gasteiger partial charge in [0.15, 0.2) is 0 Å². The summed E-state index contributed by atoms with van der Waals surface area (Å²) in [5.41, 5.74) is 1.06. The number of rotatable bonds is 3. The number of hydrogen-bond acceptors (Lipinski definition) is 3. The lowest BCUT2D eigenvalue weighted by molar-refractivity contribution is -0.269. The summed E-state index contributed by atoms with van der Waals surface area (Å²) in [7, 11) is 0. The van der Waals surface area contributed by atoms with E-state index in [1.807, 2.05) is 19.1 Å². The van der Waals surface area contributed by atoms with Gasteiger partial charge in [0.2, 0.25) is 0 Å². The average molecular weight is 276 g/mol. The van der Waals surface area contributed by atoms with Gasteiger partial charge in [-0.2, -0.15) is 5.06 Å². The fourth-order valence-electron chi connectivity index (χ4n) is 3.11. The second-order valence-electron chi connectivity index (χ2n) is 6.97. The molecule has 2 rings (SSSR count). The fraction of sp³-hybridized carbons (Fsp3) is 0.588. The predicted octanol–water partition coefficient (Wildman–Crippen LogP) is 4.27. The lowest BCUT2D eigenvalue weighted by Crippen LogP contribution is -2.58. The minimum atomic E-state index is 0.0277. The molecular formula is C17H26NO2. The number of hydrogen-bond donors (Lipinski definition) is 1. The van der Waals surface area contributed by atoms with Crippen LogP contribution in [0.5, 0.6) is 5.75 Å². The Kier molecular flexibility index (Phi) is 4.12. The van der Waals surface area contributed by atoms with Crippen LogP contribution in [-0.4, -0.2) is 21.2 Å². The molecule has 1 saturated heterocycles. The van der Waals surface area contributed by atoms with E-state index in [4.69, 9.17) is 4.84 Å². The molecule has 0 atom stereocenters. The summed E-state index contributed by atoms with van der Waals surface area (Å²) in [6.45, 7) is 10.9. The minimum Gasteiger partial charge on any atom is -0.508 e. The average Bonchev–Trinajstić information content (AvgIpc) is 2.34. The third-order valence-electron chi connectivity index (χ3n) is 4.18. The van der Waals surface area contributed by atoms with Gasteiger partial charge in [-0.15, -0.1) is 0 Å². The fourth-order valence-corrected chi connectivity index (χ4v) is 3.11. The van der Waals surface area contributed by atoms with Crippen molar-refractivity contribution in [2.24, 2.45) is 0 Å². The summed E-state index contributed by atoms with van der Waals surface area (Å²) >= 11 is 0. The molecule has 0 unspecified atom stereocenters. The Balaban J connectivity index is 2.16. The highest BCUT2D eigenvalue weighted by Crippen LogP contribution is 2.40. The Morgan fingerprint density at radius 1 is 1.05 bits per heavy atom. The van der Waals surface area contributed by atoms with Crippen LogP contribution in [0.3, 0.4) is 0 Å². The van der Waals surface area contributed by atoms with Crippen LogP contribution in [0.4, 0.5) is 0 Å². The molecule has 0 spiro atoms. The monoisotopic (exact) mass is 276 g/mol. The van der Waals surface area contributed by atoms with Gasteiger partial charge in [-0.3, -0.25) is 4.84 Å². The smallest absolute Gasteiger partial charge is 0.147 e. The van der Waals surface area contributed by atoms with E-state index in [9.17, 15) is 5.11 Å². The van der Waals surface area contributed by atoms with Crippen molar-refractivity contribution in [2.45, 2.75) is 65.0 Å². The van der Waals surface area contributed by atoms with Crippen molar-refractivity contribution in [3.63, 3.8) is 0 Å². The summed E-state index contributed by atoms with van der Waals surface area (Å²) < 4.78 is 0. The molecule has 0 saturated carbocycles. The standard InChI is InChI=1S/C17H26NO2/c1-13(14-7-9-15(19)10-8-14)20-18-16(2,3)11-6-12-17(18,4)5/h7-10,19H,6,11-12H2,1-5H3. The van der Waals surface area contributed by atoms with E-state index < -0.39 is 0 Å². The summed E-state index contributed by atoms with van der Waals surface area (Å²) in [5.74, 6) is 0.278. The van der Waals surface area contributed by atoms with E-state index in [2.05, 4.69) is 32.8 Å². The van der Waals surface area contributed by atoms with Gasteiger partial charge in [0.05, 0.1) is 0 Å². The van der Waals surface area contributed by atoms with Gasteiger partial charge in [0, 0.05) is 11.1 Å². The van der Waals surface area contributed by atoms with Crippen molar-refractivity contribution < 1.29 is 9.94 Å². The maximum atomic E-state index is 9.37. The SMILES string of the molecule is C[C](ON1C(C)(C)CCCC1(C)C)c1ccc(O)cc1. The first kappa shape index (κ1) is 15.3. The van der Waals surface area contributed by atoms with Gasteiger partial charge in [0.25, 0.3) is 0 Å². The third-order valence-corrected chi connectivity index (χ3v) is 4.18. The highest BCUT2D eigenvalue weighted by molar-refractivity contribution is 5.32. The van der Waals surface area contributed by atoms with Crippen LogP contribution in [0, 0.1) is 6.10 Å². The molecule has 0 aliphatic carbocycles. The number of benzene rings is 1. The second-order valence-corrected chi connectivity index (χ2v) is 6.97. The maximum Gasteiger partial charge on any atom is 0.147 e. The maximum absolute atomic E-state index is 9.37. The predicted molar refractivity (Wildman–Crippen MR) is 81.1 cm³/mol. The molecule has 0 aromatic heterocycles. The number of phenolic OH excluding ortho intramolecular Hbond substituents is 1. The first-order valence-corrected chi connectivity index (χ1v) is 7.34. The van der Waals surface area contributed by atoms with Crippen molar-refractivity contribution in [3.8, 4) is 5.75 Å². The zero-order chi connectivity index (χ0) is 15.0. The lowest BCUT2D eigenvalue weighted by Gasteiger charge is -2.52. The Hall–Kier alpha value is -1.06. The van der Waals surface area contributed by atoms with E-state index in [1.165, 1.54) is 6.42 Å². The zero-order valence-corrected chi connectivity index (χ0v) is 13.2. The van der Waals surface area contributed by atoms with E-state index in [1.54, 1.807) is 12.1 Å². The Morgan fingerprint density at radius 2 is 1.55 bits per heavy atom. The molecule has 1 aromatic rings. The molecule has 0 bridgehead atoms. The molecular weight excluding hydrogens is 250 g/mol. The topological polar surface area (TPSA) is 32.7 Å². The minimum absolute atomic E-state index is 0.0277. The van der Waals surface area contributed by atoms with E-state index in [0.717, 1.165) is 24.5 Å². The highest BCUT2D eigenvalue weighted by atomic mass is 16.7. The van der Waals surface area contributed by atoms with Gasteiger partial charge in [0.1, 0.15) is 11.9 Å². The van der Waals surface area contributed by atoms with Crippen LogP contribution >= 0.6 is 0 Å². The van der Waals surface area contributed by atoms with Crippen LogP contribution in [-0.2, 0) is 4.84 Å². The summed E-state index contributed by atoms with van der Waals surface area (Å²) in [5, 5.41) is 11.5. The Bertz CT molecular complexity index is 435. The molecule has 1 N–H and O–H groups in total. The van der Waals surface area contributed by atoms with Gasteiger partial charge >= 0.3 is 0 Å². The zero-order valence-electron chi connectivity index (χ0n) is 13.2. The number of aromatic hydroxyl groups is 1. The van der Waals surface area contributed by atoms with Crippen LogP contribution in [0.2, 0.25) is 0 Å². The van der Waals surface area contributed by atoms with E-state index >= 15 is 0 Å². The normalized spacial score (nSPS) is 22.1. The number of hydroxylamine groups is 2. The molecule has 111 valence electrons. The van der Waals surface area contributed by atoms with Crippen molar-refractivity contribution in [1.82, 2.24) is 5.06 Å². The molecule has 20 heavy (non-hydrogen) atoms. The number of piperidine rings is 1. The lowest BCUT2D eigenvalue weighted by atomic mass is 9.82. The first-order chi connectivity index (χ1) is 9.22. The van der Waals surface area contributed by atoms with E-state index in [0.29, 0.717) is 0 Å². The molecule has 1 aliphatic heterocycles. The molecule has 1 fully saturated rings.